The lowest BCUT2D eigenvalue weighted by atomic mass is 10.2. The molecule has 3 nitrogen and oxygen atoms in total. The number of imidazole rings is 1. The maximum absolute atomic E-state index is 14.0. The maximum atomic E-state index is 14.0. The number of alkyl halides is 1. The van der Waals surface area contributed by atoms with Crippen LogP contribution in [0.25, 0.3) is 16.7 Å². The van der Waals surface area contributed by atoms with Gasteiger partial charge in [-0.05, 0) is 36.8 Å². The summed E-state index contributed by atoms with van der Waals surface area (Å²) in [4.78, 5) is 4.50. The van der Waals surface area contributed by atoms with Crippen molar-refractivity contribution < 1.29 is 9.13 Å². The molecule has 3 aromatic rings. The van der Waals surface area contributed by atoms with Gasteiger partial charge >= 0.3 is 0 Å². The number of aromatic nitrogens is 2. The van der Waals surface area contributed by atoms with E-state index in [2.05, 4.69) is 4.98 Å². The summed E-state index contributed by atoms with van der Waals surface area (Å²) < 4.78 is 20.8. The molecule has 0 spiro atoms. The van der Waals surface area contributed by atoms with Crippen LogP contribution < -0.4 is 4.74 Å². The van der Waals surface area contributed by atoms with Crippen molar-refractivity contribution >= 4 is 22.6 Å². The molecule has 2 aromatic carbocycles. The molecule has 0 bridgehead atoms. The van der Waals surface area contributed by atoms with Gasteiger partial charge in [-0.3, -0.25) is 4.57 Å². The summed E-state index contributed by atoms with van der Waals surface area (Å²) in [5.41, 5.74) is 3.54. The number of benzene rings is 2. The van der Waals surface area contributed by atoms with E-state index < -0.39 is 5.82 Å². The predicted octanol–water partition coefficient (Wildman–Crippen LogP) is 4.22. The van der Waals surface area contributed by atoms with Crippen LogP contribution >= 0.6 is 11.6 Å². The second-order valence-electron chi connectivity index (χ2n) is 4.81. The molecule has 0 radical (unpaired) electrons. The van der Waals surface area contributed by atoms with E-state index in [1.807, 2.05) is 29.7 Å². The Labute approximate surface area is 126 Å². The Morgan fingerprint density at radius 3 is 2.71 bits per heavy atom. The molecule has 0 aliphatic rings. The van der Waals surface area contributed by atoms with E-state index in [1.54, 1.807) is 12.1 Å². The van der Waals surface area contributed by atoms with Crippen molar-refractivity contribution in [2.75, 3.05) is 7.11 Å². The molecule has 5 heteroatoms. The molecule has 21 heavy (non-hydrogen) atoms. The molecule has 0 saturated carbocycles. The fourth-order valence-corrected chi connectivity index (χ4v) is 2.59. The van der Waals surface area contributed by atoms with E-state index in [0.29, 0.717) is 11.5 Å². The highest BCUT2D eigenvalue weighted by molar-refractivity contribution is 6.17. The highest BCUT2D eigenvalue weighted by Crippen LogP contribution is 2.26. The summed E-state index contributed by atoms with van der Waals surface area (Å²) in [7, 11) is 1.44. The zero-order valence-corrected chi connectivity index (χ0v) is 12.5. The fraction of sp³-hybridized carbons (Fsp3) is 0.188. The van der Waals surface area contributed by atoms with Crippen molar-refractivity contribution in [3.05, 3.63) is 53.6 Å². The Balaban J connectivity index is 2.27. The van der Waals surface area contributed by atoms with Crippen molar-refractivity contribution in [1.29, 1.82) is 0 Å². The lowest BCUT2D eigenvalue weighted by Crippen LogP contribution is -2.00. The molecular formula is C16H14ClFN2O. The van der Waals surface area contributed by atoms with Crippen LogP contribution in [-0.4, -0.2) is 16.7 Å². The van der Waals surface area contributed by atoms with Gasteiger partial charge in [0, 0.05) is 6.07 Å². The van der Waals surface area contributed by atoms with E-state index in [-0.39, 0.29) is 11.6 Å². The Bertz CT molecular complexity index is 813. The maximum Gasteiger partial charge on any atom is 0.167 e. The van der Waals surface area contributed by atoms with Crippen molar-refractivity contribution in [2.24, 2.45) is 0 Å². The second-order valence-corrected chi connectivity index (χ2v) is 5.08. The highest BCUT2D eigenvalue weighted by Gasteiger charge is 2.13. The fourth-order valence-electron chi connectivity index (χ4n) is 2.41. The number of halogens is 2. The number of ether oxygens (including phenoxy) is 1. The van der Waals surface area contributed by atoms with Crippen molar-refractivity contribution in [2.45, 2.75) is 12.8 Å². The van der Waals surface area contributed by atoms with Gasteiger partial charge in [-0.2, -0.15) is 0 Å². The van der Waals surface area contributed by atoms with Gasteiger partial charge in [0.1, 0.15) is 5.82 Å². The molecule has 0 N–H and O–H groups in total. The predicted molar refractivity (Wildman–Crippen MR) is 81.9 cm³/mol. The van der Waals surface area contributed by atoms with Crippen LogP contribution in [0.15, 0.2) is 36.4 Å². The molecule has 1 heterocycles. The van der Waals surface area contributed by atoms with Crippen LogP contribution in [0, 0.1) is 12.7 Å². The van der Waals surface area contributed by atoms with Crippen LogP contribution in [0.2, 0.25) is 0 Å². The summed E-state index contributed by atoms with van der Waals surface area (Å²) in [6.45, 7) is 2.01. The molecule has 0 aliphatic carbocycles. The van der Waals surface area contributed by atoms with Crippen molar-refractivity contribution in [3.63, 3.8) is 0 Å². The smallest absolute Gasteiger partial charge is 0.167 e. The third kappa shape index (κ3) is 2.36. The normalized spacial score (nSPS) is 11.0. The quantitative estimate of drug-likeness (QED) is 0.677. The molecule has 0 saturated heterocycles. The first-order chi connectivity index (χ1) is 10.1. The Morgan fingerprint density at radius 2 is 2.05 bits per heavy atom. The number of hydrogen-bond donors (Lipinski definition) is 0. The minimum absolute atomic E-state index is 0.215. The van der Waals surface area contributed by atoms with Crippen LogP contribution in [0.1, 0.15) is 11.4 Å². The number of aryl methyl sites for hydroxylation is 1. The third-order valence-corrected chi connectivity index (χ3v) is 3.63. The molecule has 3 rings (SSSR count). The zero-order valence-electron chi connectivity index (χ0n) is 11.7. The first-order valence-electron chi connectivity index (χ1n) is 6.52. The van der Waals surface area contributed by atoms with Gasteiger partial charge < -0.3 is 4.74 Å². The Hall–Kier alpha value is -2.07. The molecular weight excluding hydrogens is 291 g/mol. The number of methoxy groups -OCH3 is 1. The van der Waals surface area contributed by atoms with Crippen LogP contribution in [0.3, 0.4) is 0 Å². The topological polar surface area (TPSA) is 27.1 Å². The molecule has 0 aliphatic heterocycles. The van der Waals surface area contributed by atoms with Gasteiger partial charge in [-0.1, -0.05) is 6.07 Å². The lowest BCUT2D eigenvalue weighted by molar-refractivity contribution is 0.386. The Kier molecular flexibility index (Phi) is 3.55. The summed E-state index contributed by atoms with van der Waals surface area (Å²) in [5.74, 6) is 0.736. The summed E-state index contributed by atoms with van der Waals surface area (Å²) in [6.07, 6.45) is 0. The first-order valence-corrected chi connectivity index (χ1v) is 7.05. The van der Waals surface area contributed by atoms with E-state index >= 15 is 0 Å². The van der Waals surface area contributed by atoms with Gasteiger partial charge in [0.15, 0.2) is 11.6 Å². The van der Waals surface area contributed by atoms with Gasteiger partial charge in [-0.15, -0.1) is 11.6 Å². The van der Waals surface area contributed by atoms with Gasteiger partial charge in [0.05, 0.1) is 29.7 Å². The standard InChI is InChI=1S/C16H14ClFN2O/c1-10-3-5-13-14(7-10)20(16(9-17)19-13)11-4-6-15(21-2)12(18)8-11/h3-8H,9H2,1-2H3. The largest absolute Gasteiger partial charge is 0.494 e. The number of nitrogens with zero attached hydrogens (tertiary/aromatic N) is 2. The summed E-state index contributed by atoms with van der Waals surface area (Å²) >= 11 is 5.99. The summed E-state index contributed by atoms with van der Waals surface area (Å²) in [5, 5.41) is 0. The number of rotatable bonds is 3. The lowest BCUT2D eigenvalue weighted by Gasteiger charge is -2.10. The minimum atomic E-state index is -0.412. The SMILES string of the molecule is COc1ccc(-n2c(CCl)nc3ccc(C)cc32)cc1F. The Morgan fingerprint density at radius 1 is 1.24 bits per heavy atom. The van der Waals surface area contributed by atoms with E-state index in [9.17, 15) is 4.39 Å². The van der Waals surface area contributed by atoms with Gasteiger partial charge in [0.25, 0.3) is 0 Å². The molecule has 0 atom stereocenters. The average molecular weight is 305 g/mol. The molecule has 0 fully saturated rings. The van der Waals surface area contributed by atoms with Crippen molar-refractivity contribution in [1.82, 2.24) is 9.55 Å². The number of fused-ring (bicyclic) bond motifs is 1. The monoisotopic (exact) mass is 304 g/mol. The van der Waals surface area contributed by atoms with Crippen molar-refractivity contribution in [3.8, 4) is 11.4 Å². The van der Waals surface area contributed by atoms with Crippen LogP contribution in [0.4, 0.5) is 4.39 Å². The molecule has 0 unspecified atom stereocenters. The molecule has 108 valence electrons. The average Bonchev–Trinajstić information content (AvgIpc) is 2.84. The van der Waals surface area contributed by atoms with Crippen LogP contribution in [0.5, 0.6) is 5.75 Å². The van der Waals surface area contributed by atoms with Gasteiger partial charge in [-0.25, -0.2) is 9.37 Å². The van der Waals surface area contributed by atoms with E-state index in [1.165, 1.54) is 13.2 Å². The molecule has 0 amide bonds. The highest BCUT2D eigenvalue weighted by atomic mass is 35.5. The minimum Gasteiger partial charge on any atom is -0.494 e. The second kappa shape index (κ2) is 5.37. The number of hydrogen-bond acceptors (Lipinski definition) is 2. The third-order valence-electron chi connectivity index (χ3n) is 3.39. The van der Waals surface area contributed by atoms with E-state index in [0.717, 1.165) is 16.6 Å². The molecule has 1 aromatic heterocycles. The zero-order chi connectivity index (χ0) is 15.0. The summed E-state index contributed by atoms with van der Waals surface area (Å²) in [6, 6.07) is 10.8. The van der Waals surface area contributed by atoms with Gasteiger partial charge in [0.2, 0.25) is 0 Å². The van der Waals surface area contributed by atoms with Crippen LogP contribution in [-0.2, 0) is 5.88 Å². The van der Waals surface area contributed by atoms with E-state index in [4.69, 9.17) is 16.3 Å². The first kappa shape index (κ1) is 13.9.